The van der Waals surface area contributed by atoms with Gasteiger partial charge in [0.2, 0.25) is 5.91 Å². The molecule has 126 valence electrons. The fraction of sp³-hybridized carbons (Fsp3) is 0.263. The van der Waals surface area contributed by atoms with Crippen LogP contribution in [0.4, 0.5) is 5.69 Å². The number of nitrogens with one attached hydrogen (secondary N) is 1. The van der Waals surface area contributed by atoms with Crippen molar-refractivity contribution in [3.05, 3.63) is 65.2 Å². The minimum Gasteiger partial charge on any atom is -0.478 e. The Hall–Kier alpha value is -2.82. The molecular weight excluding hydrogens is 304 g/mol. The predicted octanol–water partition coefficient (Wildman–Crippen LogP) is 3.37. The maximum atomic E-state index is 11.6. The van der Waals surface area contributed by atoms with Crippen LogP contribution in [0.3, 0.4) is 0 Å². The van der Waals surface area contributed by atoms with Crippen LogP contribution in [0.2, 0.25) is 0 Å². The maximum absolute atomic E-state index is 11.6. The summed E-state index contributed by atoms with van der Waals surface area (Å²) in [6, 6.07) is 14.7. The summed E-state index contributed by atoms with van der Waals surface area (Å²) >= 11 is 0. The number of anilines is 1. The quantitative estimate of drug-likeness (QED) is 0.818. The molecular formula is C19H22N2O3. The molecule has 0 bridgehead atoms. The summed E-state index contributed by atoms with van der Waals surface area (Å²) in [4.78, 5) is 24.3. The molecule has 0 unspecified atom stereocenters. The van der Waals surface area contributed by atoms with E-state index in [0.717, 1.165) is 16.8 Å². The van der Waals surface area contributed by atoms with Gasteiger partial charge in [-0.2, -0.15) is 0 Å². The van der Waals surface area contributed by atoms with Gasteiger partial charge in [-0.1, -0.05) is 30.3 Å². The van der Waals surface area contributed by atoms with E-state index in [4.69, 9.17) is 5.11 Å². The summed E-state index contributed by atoms with van der Waals surface area (Å²) in [7, 11) is 0. The highest BCUT2D eigenvalue weighted by Crippen LogP contribution is 2.18. The highest BCUT2D eigenvalue weighted by molar-refractivity contribution is 5.87. The van der Waals surface area contributed by atoms with E-state index >= 15 is 0 Å². The summed E-state index contributed by atoms with van der Waals surface area (Å²) < 4.78 is 0. The van der Waals surface area contributed by atoms with Gasteiger partial charge in [0.1, 0.15) is 0 Å². The number of hydrogen-bond donors (Lipinski definition) is 2. The second-order valence-electron chi connectivity index (χ2n) is 5.55. The van der Waals surface area contributed by atoms with E-state index in [0.29, 0.717) is 19.6 Å². The molecule has 0 heterocycles. The summed E-state index contributed by atoms with van der Waals surface area (Å²) in [5.74, 6) is -0.875. The second kappa shape index (κ2) is 8.15. The van der Waals surface area contributed by atoms with Crippen molar-refractivity contribution in [3.8, 4) is 0 Å². The van der Waals surface area contributed by atoms with E-state index in [2.05, 4.69) is 5.32 Å². The highest BCUT2D eigenvalue weighted by Gasteiger charge is 2.10. The van der Waals surface area contributed by atoms with Crippen LogP contribution in [0.25, 0.3) is 0 Å². The molecule has 2 aromatic rings. The zero-order valence-electron chi connectivity index (χ0n) is 14.0. The zero-order chi connectivity index (χ0) is 17.5. The molecule has 0 fully saturated rings. The molecule has 2 N–H and O–H groups in total. The van der Waals surface area contributed by atoms with Gasteiger partial charge in [-0.3, -0.25) is 4.79 Å². The molecule has 0 aliphatic rings. The van der Waals surface area contributed by atoms with E-state index in [1.54, 1.807) is 36.1 Å². The van der Waals surface area contributed by atoms with Gasteiger partial charge in [0, 0.05) is 32.2 Å². The van der Waals surface area contributed by atoms with Gasteiger partial charge in [0.25, 0.3) is 0 Å². The fourth-order valence-corrected chi connectivity index (χ4v) is 2.44. The van der Waals surface area contributed by atoms with E-state index in [-0.39, 0.29) is 11.5 Å². The number of hydrogen-bond acceptors (Lipinski definition) is 3. The summed E-state index contributed by atoms with van der Waals surface area (Å²) in [5, 5.41) is 12.3. The first-order chi connectivity index (χ1) is 11.5. The number of amides is 1. The van der Waals surface area contributed by atoms with Gasteiger partial charge >= 0.3 is 5.97 Å². The number of carbonyl (C=O) groups is 2. The van der Waals surface area contributed by atoms with Gasteiger partial charge in [0.05, 0.1) is 5.56 Å². The van der Waals surface area contributed by atoms with Gasteiger partial charge in [0.15, 0.2) is 0 Å². The SMILES string of the molecule is CCN(Cc1ccccc1NCc1ccc(C(=O)O)cc1)C(C)=O. The van der Waals surface area contributed by atoms with Gasteiger partial charge in [-0.15, -0.1) is 0 Å². The van der Waals surface area contributed by atoms with Crippen molar-refractivity contribution in [2.75, 3.05) is 11.9 Å². The molecule has 0 saturated heterocycles. The maximum Gasteiger partial charge on any atom is 0.335 e. The molecule has 0 spiro atoms. The number of aromatic carboxylic acids is 1. The molecule has 0 saturated carbocycles. The first kappa shape index (κ1) is 17.5. The zero-order valence-corrected chi connectivity index (χ0v) is 14.0. The van der Waals surface area contributed by atoms with Crippen molar-refractivity contribution in [2.45, 2.75) is 26.9 Å². The molecule has 5 heteroatoms. The van der Waals surface area contributed by atoms with Gasteiger partial charge in [-0.25, -0.2) is 4.79 Å². The smallest absolute Gasteiger partial charge is 0.335 e. The fourth-order valence-electron chi connectivity index (χ4n) is 2.44. The lowest BCUT2D eigenvalue weighted by molar-refractivity contribution is -0.129. The number of carboxylic acid groups (broad SMARTS) is 1. The molecule has 2 aromatic carbocycles. The van der Waals surface area contributed by atoms with Crippen LogP contribution < -0.4 is 5.32 Å². The van der Waals surface area contributed by atoms with Crippen LogP contribution >= 0.6 is 0 Å². The van der Waals surface area contributed by atoms with E-state index in [9.17, 15) is 9.59 Å². The summed E-state index contributed by atoms with van der Waals surface area (Å²) in [6.45, 7) is 5.35. The lowest BCUT2D eigenvalue weighted by Gasteiger charge is -2.21. The predicted molar refractivity (Wildman–Crippen MR) is 93.9 cm³/mol. The Labute approximate surface area is 141 Å². The van der Waals surface area contributed by atoms with Crippen LogP contribution in [0, 0.1) is 0 Å². The molecule has 1 amide bonds. The number of benzene rings is 2. The Morgan fingerprint density at radius 1 is 1.08 bits per heavy atom. The minimum absolute atomic E-state index is 0.0524. The van der Waals surface area contributed by atoms with Crippen molar-refractivity contribution < 1.29 is 14.7 Å². The lowest BCUT2D eigenvalue weighted by Crippen LogP contribution is -2.28. The van der Waals surface area contributed by atoms with Gasteiger partial charge in [-0.05, 0) is 36.2 Å². The minimum atomic E-state index is -0.927. The average molecular weight is 326 g/mol. The third-order valence-electron chi connectivity index (χ3n) is 3.89. The van der Waals surface area contributed by atoms with Crippen LogP contribution in [-0.4, -0.2) is 28.4 Å². The molecule has 5 nitrogen and oxygen atoms in total. The number of nitrogens with zero attached hydrogens (tertiary/aromatic N) is 1. The highest BCUT2D eigenvalue weighted by atomic mass is 16.4. The molecule has 2 rings (SSSR count). The Balaban J connectivity index is 2.07. The number of rotatable bonds is 7. The van der Waals surface area contributed by atoms with E-state index in [1.165, 1.54) is 0 Å². The first-order valence-electron chi connectivity index (χ1n) is 7.90. The Morgan fingerprint density at radius 2 is 1.75 bits per heavy atom. The van der Waals surface area contributed by atoms with Crippen molar-refractivity contribution >= 4 is 17.6 Å². The third kappa shape index (κ3) is 4.59. The summed E-state index contributed by atoms with van der Waals surface area (Å²) in [5.41, 5.74) is 3.30. The van der Waals surface area contributed by atoms with Crippen LogP contribution in [0.15, 0.2) is 48.5 Å². The van der Waals surface area contributed by atoms with Crippen molar-refractivity contribution in [1.29, 1.82) is 0 Å². The number of para-hydroxylation sites is 1. The first-order valence-corrected chi connectivity index (χ1v) is 7.90. The Morgan fingerprint density at radius 3 is 2.33 bits per heavy atom. The van der Waals surface area contributed by atoms with Gasteiger partial charge < -0.3 is 15.3 Å². The normalized spacial score (nSPS) is 10.2. The molecule has 0 atom stereocenters. The van der Waals surface area contributed by atoms with E-state index < -0.39 is 5.97 Å². The summed E-state index contributed by atoms with van der Waals surface area (Å²) in [6.07, 6.45) is 0. The topological polar surface area (TPSA) is 69.6 Å². The second-order valence-corrected chi connectivity index (χ2v) is 5.55. The van der Waals surface area contributed by atoms with Crippen LogP contribution in [0.1, 0.15) is 35.3 Å². The van der Waals surface area contributed by atoms with E-state index in [1.807, 2.05) is 31.2 Å². The van der Waals surface area contributed by atoms with Crippen molar-refractivity contribution in [3.63, 3.8) is 0 Å². The van der Waals surface area contributed by atoms with Crippen molar-refractivity contribution in [1.82, 2.24) is 4.90 Å². The standard InChI is InChI=1S/C19H22N2O3/c1-3-21(14(2)22)13-17-6-4-5-7-18(17)20-12-15-8-10-16(11-9-15)19(23)24/h4-11,20H,3,12-13H2,1-2H3,(H,23,24). The molecule has 0 radical (unpaired) electrons. The number of carboxylic acids is 1. The molecule has 0 aromatic heterocycles. The molecule has 0 aliphatic carbocycles. The largest absolute Gasteiger partial charge is 0.478 e. The third-order valence-corrected chi connectivity index (χ3v) is 3.89. The molecule has 0 aliphatic heterocycles. The van der Waals surface area contributed by atoms with Crippen LogP contribution in [0.5, 0.6) is 0 Å². The lowest BCUT2D eigenvalue weighted by atomic mass is 10.1. The van der Waals surface area contributed by atoms with Crippen LogP contribution in [-0.2, 0) is 17.9 Å². The molecule has 24 heavy (non-hydrogen) atoms. The Bertz CT molecular complexity index is 711. The number of carbonyl (C=O) groups excluding carboxylic acids is 1. The Kier molecular flexibility index (Phi) is 5.95. The van der Waals surface area contributed by atoms with Crippen molar-refractivity contribution in [2.24, 2.45) is 0 Å². The average Bonchev–Trinajstić information content (AvgIpc) is 2.58. The monoisotopic (exact) mass is 326 g/mol.